The summed E-state index contributed by atoms with van der Waals surface area (Å²) in [6.45, 7) is 0. The van der Waals surface area contributed by atoms with Crippen molar-refractivity contribution in [1.82, 2.24) is 4.98 Å². The van der Waals surface area contributed by atoms with E-state index in [9.17, 15) is 27.9 Å². The molecule has 180 valence electrons. The molecule has 0 saturated heterocycles. The van der Waals surface area contributed by atoms with Gasteiger partial charge in [0.05, 0.1) is 24.2 Å². The van der Waals surface area contributed by atoms with Crippen LogP contribution in [0.5, 0.6) is 11.6 Å². The minimum absolute atomic E-state index is 0.0251. The maximum atomic E-state index is 13.8. The minimum Gasteiger partial charge on any atom is -0.481 e. The number of rotatable bonds is 4. The number of aliphatic hydroxyl groups is 1. The number of carbonyl (C=O) groups excluding carboxylic acids is 2. The van der Waals surface area contributed by atoms with E-state index in [2.05, 4.69) is 4.98 Å². The van der Waals surface area contributed by atoms with Gasteiger partial charge in [-0.1, -0.05) is 54.1 Å². The van der Waals surface area contributed by atoms with Crippen LogP contribution < -0.4 is 9.47 Å². The molecule has 6 nitrogen and oxygen atoms in total. The number of nitrogens with zero attached hydrogens (tertiary/aromatic N) is 1. The second-order valence-corrected chi connectivity index (χ2v) is 8.75. The number of hydrogen-bond acceptors (Lipinski definition) is 6. The summed E-state index contributed by atoms with van der Waals surface area (Å²) in [6.07, 6.45) is -4.19. The van der Waals surface area contributed by atoms with Crippen LogP contribution in [0.4, 0.5) is 13.2 Å². The first-order chi connectivity index (χ1) is 16.6. The van der Waals surface area contributed by atoms with Gasteiger partial charge >= 0.3 is 6.18 Å². The maximum absolute atomic E-state index is 13.8. The van der Waals surface area contributed by atoms with Crippen LogP contribution >= 0.6 is 11.6 Å². The molecule has 1 aliphatic carbocycles. The monoisotopic (exact) mass is 503 g/mol. The van der Waals surface area contributed by atoms with Crippen molar-refractivity contribution in [2.75, 3.05) is 7.11 Å². The summed E-state index contributed by atoms with van der Waals surface area (Å²) in [4.78, 5) is 30.1. The third-order valence-corrected chi connectivity index (χ3v) is 6.88. The van der Waals surface area contributed by atoms with Gasteiger partial charge in [0.1, 0.15) is 17.2 Å². The molecule has 1 aromatic heterocycles. The Morgan fingerprint density at radius 2 is 1.80 bits per heavy atom. The largest absolute Gasteiger partial charge is 0.481 e. The Labute approximate surface area is 202 Å². The molecule has 2 heterocycles. The number of alkyl halides is 3. The molecule has 1 saturated carbocycles. The first-order valence-electron chi connectivity index (χ1n) is 10.5. The number of ketones is 1. The summed E-state index contributed by atoms with van der Waals surface area (Å²) < 4.78 is 51.5. The highest BCUT2D eigenvalue weighted by atomic mass is 35.5. The lowest BCUT2D eigenvalue weighted by molar-refractivity contribution is -0.152. The van der Waals surface area contributed by atoms with Crippen LogP contribution in [0.25, 0.3) is 0 Å². The van der Waals surface area contributed by atoms with E-state index in [1.54, 1.807) is 30.3 Å². The van der Waals surface area contributed by atoms with Gasteiger partial charge in [0.25, 0.3) is 0 Å². The van der Waals surface area contributed by atoms with E-state index in [0.29, 0.717) is 11.8 Å². The number of methoxy groups -OCH3 is 1. The quantitative estimate of drug-likeness (QED) is 0.322. The Morgan fingerprint density at radius 1 is 1.14 bits per heavy atom. The lowest BCUT2D eigenvalue weighted by Crippen LogP contribution is -2.50. The van der Waals surface area contributed by atoms with E-state index in [4.69, 9.17) is 21.1 Å². The standard InChI is InChI=1S/C25H17ClF3NO5/c1-34-22-20-17(11-18(26)30-22)35-24(14-7-9-15(10-8-14)25(27,28)29)19(13-5-3-2-4-6-13)16(12-31)21(32)23(20,24)33/h2-12,16,19,33H,1H3/t16-,19-,23+,24+/m1/s1. The van der Waals surface area contributed by atoms with Gasteiger partial charge in [-0.3, -0.25) is 4.79 Å². The Bertz CT molecular complexity index is 1330. The number of benzene rings is 2. The molecule has 35 heavy (non-hydrogen) atoms. The number of carbonyl (C=O) groups is 2. The third kappa shape index (κ3) is 3.04. The first-order valence-corrected chi connectivity index (χ1v) is 10.9. The van der Waals surface area contributed by atoms with Gasteiger partial charge in [-0.15, -0.1) is 0 Å². The van der Waals surface area contributed by atoms with Crippen molar-refractivity contribution in [3.63, 3.8) is 0 Å². The number of ether oxygens (including phenoxy) is 2. The summed E-state index contributed by atoms with van der Waals surface area (Å²) in [6, 6.07) is 13.6. The van der Waals surface area contributed by atoms with Crippen LogP contribution in [-0.4, -0.2) is 29.3 Å². The number of pyridine rings is 1. The van der Waals surface area contributed by atoms with Gasteiger partial charge in [-0.25, -0.2) is 4.98 Å². The second-order valence-electron chi connectivity index (χ2n) is 8.37. The van der Waals surface area contributed by atoms with E-state index in [0.717, 1.165) is 24.3 Å². The van der Waals surface area contributed by atoms with Crippen LogP contribution in [0.2, 0.25) is 5.15 Å². The SMILES string of the molecule is COc1nc(Cl)cc2c1[C@]1(O)C(=O)[C@H](C=O)[C@@H](c3ccccc3)[C@]1(c1ccc(C(F)(F)F)cc1)O2. The zero-order chi connectivity index (χ0) is 25.2. The molecular weight excluding hydrogens is 487 g/mol. The summed E-state index contributed by atoms with van der Waals surface area (Å²) in [5, 5.41) is 12.1. The Kier molecular flexibility index (Phi) is 5.19. The molecule has 1 fully saturated rings. The zero-order valence-corrected chi connectivity index (χ0v) is 18.8. The van der Waals surface area contributed by atoms with Crippen LogP contribution in [0.15, 0.2) is 60.7 Å². The van der Waals surface area contributed by atoms with Gasteiger partial charge in [0.2, 0.25) is 11.5 Å². The van der Waals surface area contributed by atoms with Crippen LogP contribution in [0.3, 0.4) is 0 Å². The van der Waals surface area contributed by atoms with Crippen molar-refractivity contribution in [2.45, 2.75) is 23.3 Å². The summed E-state index contributed by atoms with van der Waals surface area (Å²) >= 11 is 6.10. The minimum atomic E-state index is -4.61. The first kappa shape index (κ1) is 23.3. The predicted molar refractivity (Wildman–Crippen MR) is 117 cm³/mol. The van der Waals surface area contributed by atoms with Gasteiger partial charge in [-0.05, 0) is 23.3 Å². The highest BCUT2D eigenvalue weighted by Crippen LogP contribution is 2.68. The maximum Gasteiger partial charge on any atom is 0.416 e. The highest BCUT2D eigenvalue weighted by Gasteiger charge is 2.77. The summed E-state index contributed by atoms with van der Waals surface area (Å²) in [5.74, 6) is -3.58. The lowest BCUT2D eigenvalue weighted by atomic mass is 9.71. The summed E-state index contributed by atoms with van der Waals surface area (Å²) in [5.41, 5.74) is -5.06. The molecule has 0 amide bonds. The fourth-order valence-corrected chi connectivity index (χ4v) is 5.48. The third-order valence-electron chi connectivity index (χ3n) is 6.69. The van der Waals surface area contributed by atoms with Crippen molar-refractivity contribution in [3.05, 3.63) is 88.1 Å². The van der Waals surface area contributed by atoms with Crippen LogP contribution in [0, 0.1) is 5.92 Å². The molecule has 0 bridgehead atoms. The topological polar surface area (TPSA) is 85.7 Å². The van der Waals surface area contributed by atoms with Crippen molar-refractivity contribution >= 4 is 23.7 Å². The van der Waals surface area contributed by atoms with Crippen LogP contribution in [0.1, 0.15) is 28.2 Å². The second kappa shape index (κ2) is 7.79. The van der Waals surface area contributed by atoms with Crippen molar-refractivity contribution < 1.29 is 37.3 Å². The average Bonchev–Trinajstić information content (AvgIpc) is 3.21. The van der Waals surface area contributed by atoms with Crippen molar-refractivity contribution in [2.24, 2.45) is 5.92 Å². The van der Waals surface area contributed by atoms with Gasteiger partial charge < -0.3 is 19.4 Å². The van der Waals surface area contributed by atoms with E-state index >= 15 is 0 Å². The number of fused-ring (bicyclic) bond motifs is 3. The molecular formula is C25H17ClF3NO5. The number of Topliss-reactive ketones (excluding diaryl/α,β-unsaturated/α-hetero) is 1. The molecule has 4 atom stereocenters. The smallest absolute Gasteiger partial charge is 0.416 e. The van der Waals surface area contributed by atoms with E-state index in [1.165, 1.54) is 13.2 Å². The Hall–Kier alpha value is -3.43. The molecule has 10 heteroatoms. The molecule has 2 aliphatic rings. The number of aromatic nitrogens is 1. The highest BCUT2D eigenvalue weighted by molar-refractivity contribution is 6.29. The molecule has 2 aromatic carbocycles. The van der Waals surface area contributed by atoms with Crippen LogP contribution in [-0.2, 0) is 27.0 Å². The Balaban J connectivity index is 1.86. The molecule has 0 spiro atoms. The molecule has 1 aliphatic heterocycles. The lowest BCUT2D eigenvalue weighted by Gasteiger charge is -2.39. The number of halogens is 4. The molecule has 0 unspecified atom stereocenters. The van der Waals surface area contributed by atoms with Gasteiger partial charge in [0, 0.05) is 12.0 Å². The van der Waals surface area contributed by atoms with E-state index in [-0.39, 0.29) is 27.9 Å². The van der Waals surface area contributed by atoms with Crippen molar-refractivity contribution in [1.29, 1.82) is 0 Å². The van der Waals surface area contributed by atoms with E-state index < -0.39 is 40.6 Å². The fourth-order valence-electron chi connectivity index (χ4n) is 5.30. The Morgan fingerprint density at radius 3 is 2.37 bits per heavy atom. The summed E-state index contributed by atoms with van der Waals surface area (Å²) in [7, 11) is 1.26. The molecule has 0 radical (unpaired) electrons. The zero-order valence-electron chi connectivity index (χ0n) is 18.0. The number of aldehydes is 1. The number of hydrogen-bond donors (Lipinski definition) is 1. The molecule has 5 rings (SSSR count). The average molecular weight is 504 g/mol. The normalized spacial score (nSPS) is 27.2. The van der Waals surface area contributed by atoms with Gasteiger partial charge in [0.15, 0.2) is 11.4 Å². The predicted octanol–water partition coefficient (Wildman–Crippen LogP) is 4.42. The molecule has 3 aromatic rings. The fraction of sp³-hybridized carbons (Fsp3) is 0.240. The molecule has 1 N–H and O–H groups in total. The van der Waals surface area contributed by atoms with Gasteiger partial charge in [-0.2, -0.15) is 13.2 Å². The van der Waals surface area contributed by atoms with E-state index in [1.807, 2.05) is 0 Å². The van der Waals surface area contributed by atoms with Crippen molar-refractivity contribution in [3.8, 4) is 11.6 Å².